The Kier molecular flexibility index (Phi) is 4.05. The van der Waals surface area contributed by atoms with Crippen molar-refractivity contribution in [2.24, 2.45) is 5.92 Å². The molecule has 1 amide bonds. The molecule has 8 nitrogen and oxygen atoms in total. The van der Waals surface area contributed by atoms with E-state index in [1.807, 2.05) is 18.2 Å². The summed E-state index contributed by atoms with van der Waals surface area (Å²) in [4.78, 5) is 14.7. The van der Waals surface area contributed by atoms with Crippen molar-refractivity contribution in [1.29, 1.82) is 0 Å². The molecule has 0 aromatic carbocycles. The maximum atomic E-state index is 13.0. The van der Waals surface area contributed by atoms with Gasteiger partial charge in [-0.1, -0.05) is 6.07 Å². The first-order valence-electron chi connectivity index (χ1n) is 8.67. The first-order chi connectivity index (χ1) is 12.3. The molecule has 140 valence electrons. The third-order valence-corrected chi connectivity index (χ3v) is 6.92. The Balaban J connectivity index is 1.57. The average Bonchev–Trinajstić information content (AvgIpc) is 3.03. The standard InChI is InChI=1S/C17H22N4O4S/c1-26(24,25)20-9-6-17(23)5-8-19(11-13(17)12-20)16(22)14-10-18-21-7-3-2-4-15(14)21/h2-4,7,10,13,23H,5-6,8-9,11-12H2,1H3/t13-,17-/m0/s1. The number of sulfonamides is 1. The Morgan fingerprint density at radius 1 is 1.27 bits per heavy atom. The van der Waals surface area contributed by atoms with E-state index in [1.165, 1.54) is 10.6 Å². The van der Waals surface area contributed by atoms with Crippen LogP contribution in [-0.4, -0.2) is 76.3 Å². The SMILES string of the molecule is CS(=O)(=O)N1CC[C@@]2(O)CCN(C(=O)c3cnn4ccccc34)C[C@H]2C1. The summed E-state index contributed by atoms with van der Waals surface area (Å²) >= 11 is 0. The number of amides is 1. The zero-order chi connectivity index (χ0) is 18.5. The van der Waals surface area contributed by atoms with E-state index in [0.717, 1.165) is 5.52 Å². The maximum Gasteiger partial charge on any atom is 0.257 e. The largest absolute Gasteiger partial charge is 0.389 e. The fraction of sp³-hybridized carbons (Fsp3) is 0.529. The number of hydrogen-bond acceptors (Lipinski definition) is 5. The zero-order valence-electron chi connectivity index (χ0n) is 14.6. The van der Waals surface area contributed by atoms with Crippen molar-refractivity contribution >= 4 is 21.4 Å². The smallest absolute Gasteiger partial charge is 0.257 e. The first-order valence-corrected chi connectivity index (χ1v) is 10.5. The summed E-state index contributed by atoms with van der Waals surface area (Å²) in [6.07, 6.45) is 5.39. The highest BCUT2D eigenvalue weighted by Gasteiger charge is 2.47. The van der Waals surface area contributed by atoms with E-state index in [2.05, 4.69) is 5.10 Å². The van der Waals surface area contributed by atoms with Gasteiger partial charge in [0, 0.05) is 38.3 Å². The van der Waals surface area contributed by atoms with Gasteiger partial charge in [-0.05, 0) is 25.0 Å². The molecule has 9 heteroatoms. The van der Waals surface area contributed by atoms with Crippen molar-refractivity contribution in [1.82, 2.24) is 18.8 Å². The lowest BCUT2D eigenvalue weighted by molar-refractivity contribution is -0.0946. The minimum absolute atomic E-state index is 0.135. The molecule has 0 spiro atoms. The predicted octanol–water partition coefficient (Wildman–Crippen LogP) is 0.193. The van der Waals surface area contributed by atoms with Gasteiger partial charge in [-0.15, -0.1) is 0 Å². The van der Waals surface area contributed by atoms with E-state index in [1.54, 1.807) is 21.8 Å². The van der Waals surface area contributed by atoms with E-state index < -0.39 is 15.6 Å². The topological polar surface area (TPSA) is 95.2 Å². The van der Waals surface area contributed by atoms with Crippen LogP contribution in [0.4, 0.5) is 0 Å². The number of piperidine rings is 2. The third-order valence-electron chi connectivity index (χ3n) is 5.65. The van der Waals surface area contributed by atoms with Gasteiger partial charge in [0.1, 0.15) is 0 Å². The number of likely N-dealkylation sites (tertiary alicyclic amines) is 1. The van der Waals surface area contributed by atoms with E-state index in [0.29, 0.717) is 38.0 Å². The number of hydrogen-bond donors (Lipinski definition) is 1. The fourth-order valence-corrected chi connectivity index (χ4v) is 4.90. The lowest BCUT2D eigenvalue weighted by atomic mass is 9.76. The Morgan fingerprint density at radius 2 is 2.04 bits per heavy atom. The minimum Gasteiger partial charge on any atom is -0.389 e. The Labute approximate surface area is 152 Å². The second-order valence-corrected chi connectivity index (χ2v) is 9.24. The van der Waals surface area contributed by atoms with Crippen molar-refractivity contribution < 1.29 is 18.3 Å². The van der Waals surface area contributed by atoms with Crippen molar-refractivity contribution in [3.05, 3.63) is 36.2 Å². The van der Waals surface area contributed by atoms with Crippen molar-refractivity contribution in [3.63, 3.8) is 0 Å². The zero-order valence-corrected chi connectivity index (χ0v) is 15.4. The Bertz CT molecular complexity index is 957. The van der Waals surface area contributed by atoms with Crippen molar-refractivity contribution in [3.8, 4) is 0 Å². The summed E-state index contributed by atoms with van der Waals surface area (Å²) < 4.78 is 26.8. The van der Waals surface area contributed by atoms with Crippen molar-refractivity contribution in [2.45, 2.75) is 18.4 Å². The first kappa shape index (κ1) is 17.4. The van der Waals surface area contributed by atoms with Crippen LogP contribution >= 0.6 is 0 Å². The van der Waals surface area contributed by atoms with Crippen LogP contribution in [0.25, 0.3) is 5.52 Å². The molecular weight excluding hydrogens is 356 g/mol. The molecule has 2 aromatic heterocycles. The molecule has 2 fully saturated rings. The fourth-order valence-electron chi connectivity index (χ4n) is 4.03. The average molecular weight is 378 g/mol. The van der Waals surface area contributed by atoms with Crippen LogP contribution in [0.1, 0.15) is 23.2 Å². The van der Waals surface area contributed by atoms with E-state index in [9.17, 15) is 18.3 Å². The second-order valence-electron chi connectivity index (χ2n) is 7.26. The summed E-state index contributed by atoms with van der Waals surface area (Å²) in [5.74, 6) is -0.421. The molecule has 0 saturated carbocycles. The van der Waals surface area contributed by atoms with Crippen LogP contribution in [0.15, 0.2) is 30.6 Å². The molecule has 26 heavy (non-hydrogen) atoms. The van der Waals surface area contributed by atoms with Crippen LogP contribution in [0.5, 0.6) is 0 Å². The summed E-state index contributed by atoms with van der Waals surface area (Å²) in [6, 6.07) is 5.54. The summed E-state index contributed by atoms with van der Waals surface area (Å²) in [5.41, 5.74) is 0.352. The molecule has 2 saturated heterocycles. The van der Waals surface area contributed by atoms with Gasteiger partial charge in [0.15, 0.2) is 0 Å². The number of aliphatic hydroxyl groups is 1. The molecule has 2 aliphatic heterocycles. The highest BCUT2D eigenvalue weighted by molar-refractivity contribution is 7.88. The molecule has 0 bridgehead atoms. The van der Waals surface area contributed by atoms with E-state index in [4.69, 9.17) is 0 Å². The number of nitrogens with zero attached hydrogens (tertiary/aromatic N) is 4. The molecule has 0 unspecified atom stereocenters. The Hall–Kier alpha value is -1.97. The molecule has 0 radical (unpaired) electrons. The number of carbonyl (C=O) groups is 1. The van der Waals surface area contributed by atoms with Gasteiger partial charge in [-0.25, -0.2) is 17.2 Å². The number of pyridine rings is 1. The molecule has 2 atom stereocenters. The number of carbonyl (C=O) groups excluding carboxylic acids is 1. The van der Waals surface area contributed by atoms with Crippen LogP contribution in [-0.2, 0) is 10.0 Å². The van der Waals surface area contributed by atoms with Gasteiger partial charge in [0.2, 0.25) is 10.0 Å². The molecule has 2 aliphatic rings. The van der Waals surface area contributed by atoms with Gasteiger partial charge >= 0.3 is 0 Å². The summed E-state index contributed by atoms with van der Waals surface area (Å²) in [7, 11) is -3.31. The summed E-state index contributed by atoms with van der Waals surface area (Å²) in [6.45, 7) is 1.36. The normalized spacial score (nSPS) is 27.5. The molecule has 1 N–H and O–H groups in total. The molecule has 2 aromatic rings. The number of fused-ring (bicyclic) bond motifs is 2. The number of rotatable bonds is 2. The number of aromatic nitrogens is 2. The third kappa shape index (κ3) is 2.89. The lowest BCUT2D eigenvalue weighted by Crippen LogP contribution is -2.61. The molecule has 0 aliphatic carbocycles. The molecular formula is C17H22N4O4S. The highest BCUT2D eigenvalue weighted by atomic mass is 32.2. The van der Waals surface area contributed by atoms with Crippen LogP contribution in [0, 0.1) is 5.92 Å². The molecule has 4 rings (SSSR count). The van der Waals surface area contributed by atoms with Gasteiger partial charge < -0.3 is 10.0 Å². The Morgan fingerprint density at radius 3 is 2.81 bits per heavy atom. The van der Waals surface area contributed by atoms with Crippen LogP contribution < -0.4 is 0 Å². The van der Waals surface area contributed by atoms with Crippen LogP contribution in [0.2, 0.25) is 0 Å². The molecule has 4 heterocycles. The van der Waals surface area contributed by atoms with Gasteiger partial charge in [0.05, 0.1) is 29.1 Å². The predicted molar refractivity (Wildman–Crippen MR) is 95.2 cm³/mol. The van der Waals surface area contributed by atoms with Gasteiger partial charge in [-0.3, -0.25) is 4.79 Å². The van der Waals surface area contributed by atoms with E-state index in [-0.39, 0.29) is 18.4 Å². The van der Waals surface area contributed by atoms with Crippen LogP contribution in [0.3, 0.4) is 0 Å². The highest BCUT2D eigenvalue weighted by Crippen LogP contribution is 2.36. The lowest BCUT2D eigenvalue weighted by Gasteiger charge is -2.49. The second kappa shape index (κ2) is 6.04. The van der Waals surface area contributed by atoms with E-state index >= 15 is 0 Å². The maximum absolute atomic E-state index is 13.0. The minimum atomic E-state index is -3.31. The summed E-state index contributed by atoms with van der Waals surface area (Å²) in [5, 5.41) is 15.1. The monoisotopic (exact) mass is 378 g/mol. The van der Waals surface area contributed by atoms with Gasteiger partial charge in [-0.2, -0.15) is 5.10 Å². The van der Waals surface area contributed by atoms with Gasteiger partial charge in [0.25, 0.3) is 5.91 Å². The quantitative estimate of drug-likeness (QED) is 0.805. The van der Waals surface area contributed by atoms with Crippen molar-refractivity contribution in [2.75, 3.05) is 32.4 Å².